The van der Waals surface area contributed by atoms with Crippen molar-refractivity contribution in [1.29, 1.82) is 0 Å². The summed E-state index contributed by atoms with van der Waals surface area (Å²) in [5, 5.41) is 2.78. The quantitative estimate of drug-likeness (QED) is 0.578. The first-order chi connectivity index (χ1) is 13.7. The molecule has 0 radical (unpaired) electrons. The molecule has 7 heteroatoms. The van der Waals surface area contributed by atoms with E-state index in [9.17, 15) is 18.0 Å². The van der Waals surface area contributed by atoms with Crippen molar-refractivity contribution in [1.82, 2.24) is 15.3 Å². The fourth-order valence-electron chi connectivity index (χ4n) is 2.98. The number of halogens is 3. The number of unbranched alkanes of at least 4 members (excludes halogenated alkanes) is 1. The molecule has 29 heavy (non-hydrogen) atoms. The van der Waals surface area contributed by atoms with E-state index in [1.807, 2.05) is 32.9 Å². The summed E-state index contributed by atoms with van der Waals surface area (Å²) in [6.45, 7) is 6.31. The van der Waals surface area contributed by atoms with E-state index in [0.717, 1.165) is 36.1 Å². The Labute approximate surface area is 167 Å². The number of rotatable bonds is 5. The largest absolute Gasteiger partial charge is 0.416 e. The van der Waals surface area contributed by atoms with Crippen LogP contribution in [0.3, 0.4) is 0 Å². The van der Waals surface area contributed by atoms with Gasteiger partial charge in [-0.25, -0.2) is 9.97 Å². The first kappa shape index (κ1) is 20.8. The second-order valence-electron chi connectivity index (χ2n) is 7.03. The van der Waals surface area contributed by atoms with E-state index in [1.165, 1.54) is 12.1 Å². The van der Waals surface area contributed by atoms with Crippen LogP contribution < -0.4 is 5.32 Å². The molecule has 0 unspecified atom stereocenters. The maximum atomic E-state index is 13.2. The Hall–Kier alpha value is -2.96. The molecule has 3 aromatic rings. The molecule has 1 N–H and O–H groups in total. The SMILES string of the molecule is CCCCNC(=O)c1nc2cc(C)c(C)cc2nc1-c1cccc(C(F)(F)F)c1. The molecule has 0 aliphatic rings. The molecule has 0 bridgehead atoms. The van der Waals surface area contributed by atoms with E-state index in [2.05, 4.69) is 15.3 Å². The van der Waals surface area contributed by atoms with Gasteiger partial charge in [0.1, 0.15) is 5.69 Å². The number of alkyl halides is 3. The summed E-state index contributed by atoms with van der Waals surface area (Å²) in [6.07, 6.45) is -2.79. The molecule has 0 spiro atoms. The summed E-state index contributed by atoms with van der Waals surface area (Å²) in [5.74, 6) is -0.446. The summed E-state index contributed by atoms with van der Waals surface area (Å²) in [5.41, 5.74) is 2.62. The zero-order chi connectivity index (χ0) is 21.2. The molecule has 0 atom stereocenters. The predicted molar refractivity (Wildman–Crippen MR) is 107 cm³/mol. The number of hydrogen-bond donors (Lipinski definition) is 1. The highest BCUT2D eigenvalue weighted by Gasteiger charge is 2.31. The monoisotopic (exact) mass is 401 g/mol. The van der Waals surface area contributed by atoms with Gasteiger partial charge in [-0.2, -0.15) is 13.2 Å². The molecule has 1 aromatic heterocycles. The third kappa shape index (κ3) is 4.55. The van der Waals surface area contributed by atoms with E-state index >= 15 is 0 Å². The molecule has 1 heterocycles. The van der Waals surface area contributed by atoms with Crippen molar-refractivity contribution in [3.8, 4) is 11.3 Å². The highest BCUT2D eigenvalue weighted by molar-refractivity contribution is 6.00. The standard InChI is InChI=1S/C22H22F3N3O/c1-4-5-9-26-21(29)20-19(15-7-6-8-16(12-15)22(23,24)25)27-17-10-13(2)14(3)11-18(17)28-20/h6-8,10-12H,4-5,9H2,1-3H3,(H,26,29). The second-order valence-corrected chi connectivity index (χ2v) is 7.03. The molecule has 2 aromatic carbocycles. The topological polar surface area (TPSA) is 54.9 Å². The van der Waals surface area contributed by atoms with E-state index in [0.29, 0.717) is 17.6 Å². The minimum atomic E-state index is -4.49. The number of carbonyl (C=O) groups excluding carboxylic acids is 1. The zero-order valence-corrected chi connectivity index (χ0v) is 16.5. The number of carbonyl (C=O) groups is 1. The molecule has 0 aliphatic carbocycles. The molecular weight excluding hydrogens is 379 g/mol. The minimum absolute atomic E-state index is 0.0242. The van der Waals surface area contributed by atoms with Gasteiger partial charge in [-0.1, -0.05) is 25.5 Å². The third-order valence-corrected chi connectivity index (χ3v) is 4.77. The smallest absolute Gasteiger partial charge is 0.351 e. The Morgan fingerprint density at radius 3 is 2.31 bits per heavy atom. The van der Waals surface area contributed by atoms with Gasteiger partial charge in [-0.15, -0.1) is 0 Å². The van der Waals surface area contributed by atoms with Crippen LogP contribution in [0.1, 0.15) is 46.9 Å². The number of hydrogen-bond acceptors (Lipinski definition) is 3. The van der Waals surface area contributed by atoms with Gasteiger partial charge < -0.3 is 5.32 Å². The van der Waals surface area contributed by atoms with Crippen LogP contribution in [0.2, 0.25) is 0 Å². The van der Waals surface area contributed by atoms with E-state index < -0.39 is 17.6 Å². The van der Waals surface area contributed by atoms with E-state index in [-0.39, 0.29) is 17.0 Å². The summed E-state index contributed by atoms with van der Waals surface area (Å²) in [4.78, 5) is 21.8. The first-order valence-electron chi connectivity index (χ1n) is 9.45. The molecule has 0 fully saturated rings. The zero-order valence-electron chi connectivity index (χ0n) is 16.5. The summed E-state index contributed by atoms with van der Waals surface area (Å²) in [6, 6.07) is 8.47. The summed E-state index contributed by atoms with van der Waals surface area (Å²) >= 11 is 0. The van der Waals surface area contributed by atoms with Crippen molar-refractivity contribution in [3.63, 3.8) is 0 Å². The fraction of sp³-hybridized carbons (Fsp3) is 0.318. The predicted octanol–water partition coefficient (Wildman–Crippen LogP) is 5.46. The van der Waals surface area contributed by atoms with Gasteiger partial charge in [0.05, 0.1) is 16.6 Å². The number of aromatic nitrogens is 2. The number of nitrogens with one attached hydrogen (secondary N) is 1. The lowest BCUT2D eigenvalue weighted by molar-refractivity contribution is -0.137. The van der Waals surface area contributed by atoms with E-state index in [4.69, 9.17) is 0 Å². The Morgan fingerprint density at radius 2 is 1.69 bits per heavy atom. The van der Waals surface area contributed by atoms with Crippen molar-refractivity contribution in [3.05, 3.63) is 58.8 Å². The Bertz CT molecular complexity index is 1060. The minimum Gasteiger partial charge on any atom is -0.351 e. The van der Waals surface area contributed by atoms with Crippen LogP contribution >= 0.6 is 0 Å². The van der Waals surface area contributed by atoms with Crippen LogP contribution in [0.5, 0.6) is 0 Å². The van der Waals surface area contributed by atoms with E-state index in [1.54, 1.807) is 0 Å². The normalized spacial score (nSPS) is 11.7. The maximum Gasteiger partial charge on any atom is 0.416 e. The van der Waals surface area contributed by atoms with Crippen molar-refractivity contribution >= 4 is 16.9 Å². The average molecular weight is 401 g/mol. The van der Waals surface area contributed by atoms with Crippen molar-refractivity contribution < 1.29 is 18.0 Å². The van der Waals surface area contributed by atoms with Crippen LogP contribution in [0.4, 0.5) is 13.2 Å². The van der Waals surface area contributed by atoms with Gasteiger partial charge in [0.2, 0.25) is 0 Å². The van der Waals surface area contributed by atoms with Crippen LogP contribution in [0.25, 0.3) is 22.3 Å². The third-order valence-electron chi connectivity index (χ3n) is 4.77. The number of nitrogens with zero attached hydrogens (tertiary/aromatic N) is 2. The van der Waals surface area contributed by atoms with Crippen LogP contribution in [-0.4, -0.2) is 22.4 Å². The molecule has 1 amide bonds. The first-order valence-corrected chi connectivity index (χ1v) is 9.45. The highest BCUT2D eigenvalue weighted by Crippen LogP contribution is 2.33. The van der Waals surface area contributed by atoms with Crippen LogP contribution in [0.15, 0.2) is 36.4 Å². The van der Waals surface area contributed by atoms with Crippen molar-refractivity contribution in [2.45, 2.75) is 39.8 Å². The number of aryl methyl sites for hydroxylation is 2. The van der Waals surface area contributed by atoms with Gasteiger partial charge >= 0.3 is 6.18 Å². The number of benzene rings is 2. The Morgan fingerprint density at radius 1 is 1.03 bits per heavy atom. The van der Waals surface area contributed by atoms with Gasteiger partial charge in [0.25, 0.3) is 5.91 Å². The lowest BCUT2D eigenvalue weighted by atomic mass is 10.0. The van der Waals surface area contributed by atoms with Gasteiger partial charge in [-0.3, -0.25) is 4.79 Å². The molecule has 152 valence electrons. The average Bonchev–Trinajstić information content (AvgIpc) is 2.67. The molecule has 4 nitrogen and oxygen atoms in total. The van der Waals surface area contributed by atoms with Crippen molar-refractivity contribution in [2.75, 3.05) is 6.54 Å². The van der Waals surface area contributed by atoms with Crippen LogP contribution in [0, 0.1) is 13.8 Å². The van der Waals surface area contributed by atoms with Gasteiger partial charge in [0, 0.05) is 12.1 Å². The fourth-order valence-corrected chi connectivity index (χ4v) is 2.98. The molecule has 0 saturated heterocycles. The van der Waals surface area contributed by atoms with Crippen molar-refractivity contribution in [2.24, 2.45) is 0 Å². The summed E-state index contributed by atoms with van der Waals surface area (Å²) < 4.78 is 39.5. The van der Waals surface area contributed by atoms with Gasteiger partial charge in [-0.05, 0) is 55.7 Å². The molecular formula is C22H22F3N3O. The lowest BCUT2D eigenvalue weighted by Crippen LogP contribution is -2.26. The van der Waals surface area contributed by atoms with Crippen LogP contribution in [-0.2, 0) is 6.18 Å². The molecule has 3 rings (SSSR count). The maximum absolute atomic E-state index is 13.2. The second kappa shape index (κ2) is 8.19. The Balaban J connectivity index is 2.19. The van der Waals surface area contributed by atoms with Gasteiger partial charge in [0.15, 0.2) is 5.69 Å². The molecule has 0 saturated carbocycles. The highest BCUT2D eigenvalue weighted by atomic mass is 19.4. The lowest BCUT2D eigenvalue weighted by Gasteiger charge is -2.13. The summed E-state index contributed by atoms with van der Waals surface area (Å²) in [7, 11) is 0. The number of amides is 1. The Kier molecular flexibility index (Phi) is 5.86. The molecule has 0 aliphatic heterocycles. The number of fused-ring (bicyclic) bond motifs is 1.